The number of hydrogen-bond acceptors (Lipinski definition) is 4. The van der Waals surface area contributed by atoms with Gasteiger partial charge >= 0.3 is 0 Å². The average molecular weight is 398 g/mol. The summed E-state index contributed by atoms with van der Waals surface area (Å²) in [5.41, 5.74) is 3.82. The number of carbonyl (C=O) groups excluding carboxylic acids is 1. The molecule has 0 atom stereocenters. The van der Waals surface area contributed by atoms with Gasteiger partial charge in [-0.3, -0.25) is 14.6 Å². The third-order valence-corrected chi connectivity index (χ3v) is 5.51. The van der Waals surface area contributed by atoms with E-state index in [0.29, 0.717) is 11.6 Å². The first-order chi connectivity index (χ1) is 13.6. The summed E-state index contributed by atoms with van der Waals surface area (Å²) in [7, 11) is 0. The first-order valence-corrected chi connectivity index (χ1v) is 9.89. The topological polar surface area (TPSA) is 64.3 Å². The standard InChI is InChI=1S/C21H24ClN5O/c1-15-6-7-16(12-17(15)22)23-21(28)14-27-10-8-26(9-11-27)13-20-24-18-4-2-3-5-19(18)25-20/h2-7,12H,8-11,13-14H2,1H3,(H,23,28)(H,24,25). The van der Waals surface area contributed by atoms with E-state index in [1.54, 1.807) is 6.07 Å². The van der Waals surface area contributed by atoms with Gasteiger partial charge < -0.3 is 10.3 Å². The van der Waals surface area contributed by atoms with Crippen LogP contribution in [0, 0.1) is 6.92 Å². The molecule has 28 heavy (non-hydrogen) atoms. The third kappa shape index (κ3) is 4.52. The summed E-state index contributed by atoms with van der Waals surface area (Å²) in [4.78, 5) is 24.9. The van der Waals surface area contributed by atoms with Crippen LogP contribution in [-0.4, -0.2) is 58.4 Å². The predicted octanol–water partition coefficient (Wildman–Crippen LogP) is 3.28. The Hall–Kier alpha value is -2.41. The Kier molecular flexibility index (Phi) is 5.62. The molecule has 0 radical (unpaired) electrons. The van der Waals surface area contributed by atoms with Crippen molar-refractivity contribution in [2.24, 2.45) is 0 Å². The minimum atomic E-state index is -0.00865. The summed E-state index contributed by atoms with van der Waals surface area (Å²) in [6, 6.07) is 13.7. The lowest BCUT2D eigenvalue weighted by atomic mass is 10.2. The zero-order valence-electron chi connectivity index (χ0n) is 15.9. The van der Waals surface area contributed by atoms with Gasteiger partial charge in [0.05, 0.1) is 24.1 Å². The fraction of sp³-hybridized carbons (Fsp3) is 0.333. The van der Waals surface area contributed by atoms with E-state index >= 15 is 0 Å². The number of rotatable bonds is 5. The normalized spacial score (nSPS) is 15.8. The molecule has 0 saturated carbocycles. The molecule has 0 unspecified atom stereocenters. The summed E-state index contributed by atoms with van der Waals surface area (Å²) < 4.78 is 0. The van der Waals surface area contributed by atoms with Gasteiger partial charge in [0, 0.05) is 36.9 Å². The van der Waals surface area contributed by atoms with Crippen molar-refractivity contribution in [2.75, 3.05) is 38.0 Å². The van der Waals surface area contributed by atoms with Gasteiger partial charge in [0.1, 0.15) is 5.82 Å². The number of aromatic nitrogens is 2. The lowest BCUT2D eigenvalue weighted by Crippen LogP contribution is -2.48. The third-order valence-electron chi connectivity index (χ3n) is 5.10. The molecule has 2 heterocycles. The number of piperazine rings is 1. The van der Waals surface area contributed by atoms with Crippen LogP contribution in [0.3, 0.4) is 0 Å². The van der Waals surface area contributed by atoms with Crippen LogP contribution in [0.2, 0.25) is 5.02 Å². The second-order valence-corrected chi connectivity index (χ2v) is 7.67. The Morgan fingerprint density at radius 3 is 2.64 bits per heavy atom. The predicted molar refractivity (Wildman–Crippen MR) is 113 cm³/mol. The van der Waals surface area contributed by atoms with Crippen molar-refractivity contribution in [1.82, 2.24) is 19.8 Å². The highest BCUT2D eigenvalue weighted by atomic mass is 35.5. The van der Waals surface area contributed by atoms with E-state index in [-0.39, 0.29) is 5.91 Å². The molecule has 1 aliphatic heterocycles. The highest BCUT2D eigenvalue weighted by Gasteiger charge is 2.20. The largest absolute Gasteiger partial charge is 0.341 e. The summed E-state index contributed by atoms with van der Waals surface area (Å²) in [6.45, 7) is 6.70. The van der Waals surface area contributed by atoms with Gasteiger partial charge in [-0.05, 0) is 36.8 Å². The quantitative estimate of drug-likeness (QED) is 0.693. The Morgan fingerprint density at radius 1 is 1.14 bits per heavy atom. The molecule has 146 valence electrons. The number of nitrogens with one attached hydrogen (secondary N) is 2. The number of aromatic amines is 1. The van der Waals surface area contributed by atoms with Gasteiger partial charge in [0.15, 0.2) is 0 Å². The van der Waals surface area contributed by atoms with E-state index in [9.17, 15) is 4.79 Å². The lowest BCUT2D eigenvalue weighted by molar-refractivity contribution is -0.117. The lowest BCUT2D eigenvalue weighted by Gasteiger charge is -2.33. The average Bonchev–Trinajstić information content (AvgIpc) is 3.08. The molecule has 1 amide bonds. The molecule has 2 N–H and O–H groups in total. The van der Waals surface area contributed by atoms with E-state index in [1.165, 1.54) is 0 Å². The van der Waals surface area contributed by atoms with E-state index in [1.807, 2.05) is 43.3 Å². The molecule has 0 bridgehead atoms. The van der Waals surface area contributed by atoms with E-state index < -0.39 is 0 Å². The Bertz CT molecular complexity index is 945. The Labute approximate surface area is 169 Å². The summed E-state index contributed by atoms with van der Waals surface area (Å²) in [6.07, 6.45) is 0. The van der Waals surface area contributed by atoms with E-state index in [2.05, 4.69) is 25.1 Å². The molecule has 6 nitrogen and oxygen atoms in total. The van der Waals surface area contributed by atoms with Gasteiger partial charge in [0.25, 0.3) is 0 Å². The van der Waals surface area contributed by atoms with Crippen LogP contribution in [0.4, 0.5) is 5.69 Å². The van der Waals surface area contributed by atoms with Crippen molar-refractivity contribution < 1.29 is 4.79 Å². The molecule has 1 aliphatic rings. The maximum atomic E-state index is 12.3. The summed E-state index contributed by atoms with van der Waals surface area (Å²) >= 11 is 6.12. The number of benzene rings is 2. The molecule has 1 saturated heterocycles. The van der Waals surface area contributed by atoms with E-state index in [4.69, 9.17) is 11.6 Å². The number of carbonyl (C=O) groups is 1. The zero-order valence-corrected chi connectivity index (χ0v) is 16.7. The van der Waals surface area contributed by atoms with Crippen LogP contribution in [0.5, 0.6) is 0 Å². The van der Waals surface area contributed by atoms with E-state index in [0.717, 1.165) is 60.8 Å². The number of para-hydroxylation sites is 2. The molecule has 1 fully saturated rings. The van der Waals surface area contributed by atoms with Crippen LogP contribution >= 0.6 is 11.6 Å². The van der Waals surface area contributed by atoms with Crippen LogP contribution in [0.25, 0.3) is 11.0 Å². The number of nitrogens with zero attached hydrogens (tertiary/aromatic N) is 3. The SMILES string of the molecule is Cc1ccc(NC(=O)CN2CCN(Cc3nc4ccccc4[nH]3)CC2)cc1Cl. The number of anilines is 1. The number of imidazole rings is 1. The second-order valence-electron chi connectivity index (χ2n) is 7.27. The number of amides is 1. The minimum Gasteiger partial charge on any atom is -0.341 e. The van der Waals surface area contributed by atoms with Gasteiger partial charge in [-0.1, -0.05) is 29.8 Å². The first kappa shape index (κ1) is 18.9. The fourth-order valence-corrected chi connectivity index (χ4v) is 3.65. The first-order valence-electron chi connectivity index (χ1n) is 9.51. The highest BCUT2D eigenvalue weighted by Crippen LogP contribution is 2.20. The Morgan fingerprint density at radius 2 is 1.89 bits per heavy atom. The van der Waals surface area contributed by atoms with Gasteiger partial charge in [0.2, 0.25) is 5.91 Å². The van der Waals surface area contributed by atoms with Gasteiger partial charge in [-0.15, -0.1) is 0 Å². The summed E-state index contributed by atoms with van der Waals surface area (Å²) in [5, 5.41) is 3.59. The number of hydrogen-bond donors (Lipinski definition) is 2. The number of halogens is 1. The van der Waals surface area contributed by atoms with Crippen molar-refractivity contribution in [3.05, 3.63) is 58.9 Å². The molecule has 0 spiro atoms. The number of H-pyrrole nitrogens is 1. The molecule has 7 heteroatoms. The minimum absolute atomic E-state index is 0.00865. The van der Waals surface area contributed by atoms with Gasteiger partial charge in [-0.25, -0.2) is 4.98 Å². The highest BCUT2D eigenvalue weighted by molar-refractivity contribution is 6.31. The molecular formula is C21H24ClN5O. The van der Waals surface area contributed by atoms with Crippen molar-refractivity contribution in [1.29, 1.82) is 0 Å². The van der Waals surface area contributed by atoms with Gasteiger partial charge in [-0.2, -0.15) is 0 Å². The summed E-state index contributed by atoms with van der Waals surface area (Å²) in [5.74, 6) is 0.981. The van der Waals surface area contributed by atoms with Crippen molar-refractivity contribution in [3.63, 3.8) is 0 Å². The second kappa shape index (κ2) is 8.31. The van der Waals surface area contributed by atoms with Crippen LogP contribution in [-0.2, 0) is 11.3 Å². The smallest absolute Gasteiger partial charge is 0.238 e. The van der Waals surface area contributed by atoms with Crippen LogP contribution < -0.4 is 5.32 Å². The van der Waals surface area contributed by atoms with Crippen molar-refractivity contribution >= 4 is 34.2 Å². The molecule has 2 aromatic carbocycles. The Balaban J connectivity index is 1.25. The number of aryl methyl sites for hydroxylation is 1. The fourth-order valence-electron chi connectivity index (χ4n) is 3.47. The molecule has 0 aliphatic carbocycles. The van der Waals surface area contributed by atoms with Crippen LogP contribution in [0.15, 0.2) is 42.5 Å². The molecular weight excluding hydrogens is 374 g/mol. The molecule has 4 rings (SSSR count). The number of fused-ring (bicyclic) bond motifs is 1. The monoisotopic (exact) mass is 397 g/mol. The maximum Gasteiger partial charge on any atom is 0.238 e. The molecule has 1 aromatic heterocycles. The maximum absolute atomic E-state index is 12.3. The van der Waals surface area contributed by atoms with Crippen molar-refractivity contribution in [2.45, 2.75) is 13.5 Å². The molecule has 3 aromatic rings. The zero-order chi connectivity index (χ0) is 19.5. The van der Waals surface area contributed by atoms with Crippen molar-refractivity contribution in [3.8, 4) is 0 Å². The van der Waals surface area contributed by atoms with Crippen LogP contribution in [0.1, 0.15) is 11.4 Å².